The van der Waals surface area contributed by atoms with E-state index in [1.54, 1.807) is 18.2 Å². The number of pyridine rings is 1. The lowest BCUT2D eigenvalue weighted by Gasteiger charge is -2.12. The van der Waals surface area contributed by atoms with Crippen LogP contribution in [0.5, 0.6) is 5.75 Å². The zero-order valence-electron chi connectivity index (χ0n) is 20.6. The summed E-state index contributed by atoms with van der Waals surface area (Å²) in [5, 5.41) is 0.570. The van der Waals surface area contributed by atoms with Crippen molar-refractivity contribution in [2.75, 3.05) is 12.4 Å². The van der Waals surface area contributed by atoms with Gasteiger partial charge in [-0.25, -0.2) is 14.3 Å². The number of aromatic nitrogens is 2. The number of unbranched alkanes of at least 4 members (excludes halogenated alkanes) is 2. The molecule has 3 aromatic rings. The molecule has 1 saturated heterocycles. The van der Waals surface area contributed by atoms with Crippen LogP contribution < -0.4 is 9.30 Å². The third-order valence-electron chi connectivity index (χ3n) is 5.81. The van der Waals surface area contributed by atoms with Crippen molar-refractivity contribution in [3.05, 3.63) is 42.7 Å². The zero-order valence-corrected chi connectivity index (χ0v) is 21.4. The highest BCUT2D eigenvalue weighted by Gasteiger charge is 2.32. The number of nitrogens with zero attached hydrogens (tertiary/aromatic N) is 3. The molecule has 202 valence electrons. The molecule has 0 spiro atoms. The molecule has 38 heavy (non-hydrogen) atoms. The summed E-state index contributed by atoms with van der Waals surface area (Å²) in [4.78, 5) is 44.2. The summed E-state index contributed by atoms with van der Waals surface area (Å²) in [6.07, 6.45) is 6.46. The van der Waals surface area contributed by atoms with E-state index in [1.807, 2.05) is 29.1 Å². The van der Waals surface area contributed by atoms with Gasteiger partial charge in [0.05, 0.1) is 12.4 Å². The molecule has 0 aliphatic carbocycles. The minimum absolute atomic E-state index is 0.0778. The van der Waals surface area contributed by atoms with Crippen molar-refractivity contribution in [1.82, 2.24) is 10.0 Å². The lowest BCUT2D eigenvalue weighted by Crippen LogP contribution is -2.32. The van der Waals surface area contributed by atoms with E-state index in [0.717, 1.165) is 24.9 Å². The predicted molar refractivity (Wildman–Crippen MR) is 132 cm³/mol. The summed E-state index contributed by atoms with van der Waals surface area (Å²) in [7, 11) is -4.01. The maximum atomic E-state index is 11.8. The van der Waals surface area contributed by atoms with Crippen LogP contribution in [0.2, 0.25) is 0 Å². The number of fused-ring (bicyclic) bond motifs is 1. The average Bonchev–Trinajstić information content (AvgIpc) is 3.44. The van der Waals surface area contributed by atoms with Gasteiger partial charge >= 0.3 is 5.97 Å². The maximum absolute atomic E-state index is 11.8. The van der Waals surface area contributed by atoms with Gasteiger partial charge in [0.1, 0.15) is 17.8 Å². The van der Waals surface area contributed by atoms with Crippen molar-refractivity contribution in [3.63, 3.8) is 0 Å². The highest BCUT2D eigenvalue weighted by Crippen LogP contribution is 2.26. The Hall–Kier alpha value is -3.84. The number of hydroxylamine groups is 2. The molecule has 1 N–H and O–H groups in total. The molecule has 12 nitrogen and oxygen atoms in total. The molecule has 0 saturated carbocycles. The van der Waals surface area contributed by atoms with E-state index < -0.39 is 27.9 Å². The molecule has 3 heterocycles. The van der Waals surface area contributed by atoms with Crippen LogP contribution in [-0.2, 0) is 35.9 Å². The summed E-state index contributed by atoms with van der Waals surface area (Å²) in [5.41, 5.74) is 1.97. The van der Waals surface area contributed by atoms with E-state index in [-0.39, 0.29) is 38.0 Å². The van der Waals surface area contributed by atoms with Crippen LogP contribution in [-0.4, -0.2) is 53.2 Å². The van der Waals surface area contributed by atoms with Gasteiger partial charge in [-0.05, 0) is 31.4 Å². The van der Waals surface area contributed by atoms with Crippen LogP contribution in [0.3, 0.4) is 0 Å². The van der Waals surface area contributed by atoms with E-state index in [0.29, 0.717) is 34.2 Å². The van der Waals surface area contributed by atoms with E-state index in [1.165, 1.54) is 0 Å². The van der Waals surface area contributed by atoms with Crippen molar-refractivity contribution in [1.29, 1.82) is 0 Å². The number of hydrogen-bond acceptors (Lipinski definition) is 9. The SMILES string of the molecule is O=C(CCCCC[n+]1ccc(-c2nc3ccc(OCCCS(=O)(=O)O)cc3o2)cc1)ON1C(=O)CCC1=O. The zero-order chi connectivity index (χ0) is 27.1. The second-order valence-corrected chi connectivity index (χ2v) is 10.4. The van der Waals surface area contributed by atoms with E-state index in [9.17, 15) is 22.8 Å². The first-order chi connectivity index (χ1) is 18.2. The highest BCUT2D eigenvalue weighted by molar-refractivity contribution is 7.85. The van der Waals surface area contributed by atoms with E-state index in [2.05, 4.69) is 4.98 Å². The van der Waals surface area contributed by atoms with E-state index in [4.69, 9.17) is 18.5 Å². The van der Waals surface area contributed by atoms with Gasteiger partial charge in [-0.3, -0.25) is 14.1 Å². The molecule has 1 aliphatic rings. The predicted octanol–water partition coefficient (Wildman–Crippen LogP) is 2.61. The number of oxazole rings is 1. The summed E-state index contributed by atoms with van der Waals surface area (Å²) in [6, 6.07) is 8.92. The Bertz CT molecular complexity index is 1400. The van der Waals surface area contributed by atoms with Crippen LogP contribution in [0.1, 0.15) is 44.9 Å². The van der Waals surface area contributed by atoms with Gasteiger partial charge in [0.15, 0.2) is 18.0 Å². The van der Waals surface area contributed by atoms with Gasteiger partial charge in [0.2, 0.25) is 5.89 Å². The molecule has 0 bridgehead atoms. The minimum Gasteiger partial charge on any atom is -0.493 e. The number of aryl methyl sites for hydroxylation is 1. The number of carbonyl (C=O) groups is 3. The summed E-state index contributed by atoms with van der Waals surface area (Å²) >= 11 is 0. The topological polar surface area (TPSA) is 157 Å². The fourth-order valence-corrected chi connectivity index (χ4v) is 4.33. The van der Waals surface area contributed by atoms with Crippen molar-refractivity contribution in [3.8, 4) is 17.2 Å². The first-order valence-corrected chi connectivity index (χ1v) is 13.8. The third kappa shape index (κ3) is 7.59. The van der Waals surface area contributed by atoms with Gasteiger partial charge in [-0.1, -0.05) is 0 Å². The lowest BCUT2D eigenvalue weighted by atomic mass is 10.2. The first-order valence-electron chi connectivity index (χ1n) is 12.2. The molecule has 1 aromatic carbocycles. The highest BCUT2D eigenvalue weighted by atomic mass is 32.2. The number of amides is 2. The van der Waals surface area contributed by atoms with E-state index >= 15 is 0 Å². The number of ether oxygens (including phenoxy) is 1. The van der Waals surface area contributed by atoms with Crippen LogP contribution in [0, 0.1) is 0 Å². The van der Waals surface area contributed by atoms with Crippen LogP contribution in [0.25, 0.3) is 22.6 Å². The Morgan fingerprint density at radius 3 is 2.50 bits per heavy atom. The Balaban J connectivity index is 1.21. The average molecular weight is 547 g/mol. The van der Waals surface area contributed by atoms with Gasteiger partial charge in [-0.2, -0.15) is 8.42 Å². The maximum Gasteiger partial charge on any atom is 0.333 e. The molecule has 4 rings (SSSR count). The summed E-state index contributed by atoms with van der Waals surface area (Å²) in [6.45, 7) is 0.875. The second-order valence-electron chi connectivity index (χ2n) is 8.82. The quantitative estimate of drug-likeness (QED) is 0.146. The standard InChI is InChI=1S/C25H27N3O9S/c29-22-8-9-23(30)28(22)37-24(31)5-2-1-3-12-27-13-10-18(11-14-27)25-26-20-7-6-19(17-21(20)36-25)35-15-4-16-38(32,33)34/h6-7,10-11,13-14,17H,1-5,8-9,12,15-16H2/p+1. The first kappa shape index (κ1) is 27.2. The van der Waals surface area contributed by atoms with Crippen molar-refractivity contribution in [2.45, 2.75) is 51.5 Å². The molecular formula is C25H28N3O9S+. The van der Waals surface area contributed by atoms with Crippen molar-refractivity contribution < 1.29 is 45.9 Å². The largest absolute Gasteiger partial charge is 0.493 e. The van der Waals surface area contributed by atoms with Crippen molar-refractivity contribution in [2.24, 2.45) is 0 Å². The molecule has 0 atom stereocenters. The smallest absolute Gasteiger partial charge is 0.333 e. The molecule has 0 radical (unpaired) electrons. The Kier molecular flexibility index (Phi) is 8.69. The van der Waals surface area contributed by atoms with Gasteiger partial charge in [-0.15, -0.1) is 5.06 Å². The summed E-state index contributed by atoms with van der Waals surface area (Å²) < 4.78 is 43.7. The monoisotopic (exact) mass is 546 g/mol. The fraction of sp³-hybridized carbons (Fsp3) is 0.400. The molecule has 0 unspecified atom stereocenters. The number of carbonyl (C=O) groups excluding carboxylic acids is 3. The third-order valence-corrected chi connectivity index (χ3v) is 6.61. The lowest BCUT2D eigenvalue weighted by molar-refractivity contribution is -0.697. The van der Waals surface area contributed by atoms with Crippen LogP contribution in [0.4, 0.5) is 0 Å². The Labute approximate surface area is 218 Å². The molecule has 1 fully saturated rings. The van der Waals surface area contributed by atoms with Crippen molar-refractivity contribution >= 4 is 39.0 Å². The Morgan fingerprint density at radius 1 is 1.05 bits per heavy atom. The molecule has 2 aromatic heterocycles. The number of rotatable bonds is 13. The fourth-order valence-electron chi connectivity index (χ4n) is 3.84. The molecule has 13 heteroatoms. The minimum atomic E-state index is -4.01. The normalized spacial score (nSPS) is 13.9. The molecular weight excluding hydrogens is 518 g/mol. The number of imide groups is 1. The Morgan fingerprint density at radius 2 is 1.79 bits per heavy atom. The molecule has 2 amide bonds. The second kappa shape index (κ2) is 12.1. The van der Waals surface area contributed by atoms with Crippen LogP contribution in [0.15, 0.2) is 47.1 Å². The number of hydrogen-bond donors (Lipinski definition) is 1. The number of benzene rings is 1. The summed E-state index contributed by atoms with van der Waals surface area (Å²) in [5.74, 6) is -0.954. The van der Waals surface area contributed by atoms with Gasteiger partial charge in [0, 0.05) is 49.4 Å². The molecule has 1 aliphatic heterocycles. The van der Waals surface area contributed by atoms with Gasteiger partial charge in [0.25, 0.3) is 21.9 Å². The van der Waals surface area contributed by atoms with Gasteiger partial charge < -0.3 is 14.0 Å². The van der Waals surface area contributed by atoms with Crippen LogP contribution >= 0.6 is 0 Å².